The quantitative estimate of drug-likeness (QED) is 0.164. The van der Waals surface area contributed by atoms with Crippen LogP contribution in [0.25, 0.3) is 0 Å². The van der Waals surface area contributed by atoms with Gasteiger partial charge in [0.05, 0.1) is 36.0 Å². The Bertz CT molecular complexity index is 1560. The van der Waals surface area contributed by atoms with E-state index in [0.29, 0.717) is 0 Å². The number of nitrogens with zero attached hydrogens (tertiary/aromatic N) is 6. The summed E-state index contributed by atoms with van der Waals surface area (Å²) in [6.07, 6.45) is -5.73. The van der Waals surface area contributed by atoms with Gasteiger partial charge in [-0.25, -0.2) is 9.78 Å². The molecule has 0 bridgehead atoms. The van der Waals surface area contributed by atoms with Crippen LogP contribution in [0.15, 0.2) is 18.2 Å². The molecule has 0 N–H and O–H groups in total. The number of esters is 1. The first kappa shape index (κ1) is 34.5. The highest BCUT2D eigenvalue weighted by Crippen LogP contribution is 2.46. The van der Waals surface area contributed by atoms with E-state index in [2.05, 4.69) is 14.7 Å². The Balaban J connectivity index is 1.79. The molecule has 2 aromatic rings. The van der Waals surface area contributed by atoms with Gasteiger partial charge in [-0.2, -0.15) is 10.2 Å². The van der Waals surface area contributed by atoms with Gasteiger partial charge < -0.3 is 24.0 Å². The van der Waals surface area contributed by atoms with E-state index in [1.54, 1.807) is 20.8 Å². The van der Waals surface area contributed by atoms with Crippen molar-refractivity contribution in [2.45, 2.75) is 76.3 Å². The molecule has 1 fully saturated rings. The number of hydrogen-bond acceptors (Lipinski definition) is 11. The van der Waals surface area contributed by atoms with Crippen molar-refractivity contribution in [2.24, 2.45) is 0 Å². The number of nitriles is 1. The average Bonchev–Trinajstić information content (AvgIpc) is 2.95. The Kier molecular flexibility index (Phi) is 9.86. The number of fused-ring (bicyclic) bond motifs is 1. The molecule has 2 aliphatic rings. The zero-order chi connectivity index (χ0) is 34.0. The number of rotatable bonds is 7. The van der Waals surface area contributed by atoms with Gasteiger partial charge in [0.2, 0.25) is 11.1 Å². The fourth-order valence-corrected chi connectivity index (χ4v) is 6.20. The molecule has 1 aliphatic carbocycles. The summed E-state index contributed by atoms with van der Waals surface area (Å²) < 4.78 is 54.5. The molecule has 1 aliphatic heterocycles. The lowest BCUT2D eigenvalue weighted by molar-refractivity contribution is -0.385. The van der Waals surface area contributed by atoms with Crippen LogP contribution >= 0.6 is 11.6 Å². The van der Waals surface area contributed by atoms with Crippen molar-refractivity contribution in [3.05, 3.63) is 50.4 Å². The smallest absolute Gasteiger partial charge is 0.468 e. The number of ether oxygens (including phenoxy) is 3. The molecule has 0 spiro atoms. The number of anilines is 1. The first-order valence-corrected chi connectivity index (χ1v) is 14.7. The predicted molar refractivity (Wildman–Crippen MR) is 156 cm³/mol. The Labute approximate surface area is 267 Å². The maximum atomic E-state index is 13.5. The Morgan fingerprint density at radius 1 is 1.24 bits per heavy atom. The number of benzene rings is 1. The lowest BCUT2D eigenvalue weighted by atomic mass is 9.67. The summed E-state index contributed by atoms with van der Waals surface area (Å²) in [6, 6.07) is 5.20. The van der Waals surface area contributed by atoms with Gasteiger partial charge in [-0.1, -0.05) is 12.1 Å². The molecule has 2 atom stereocenters. The number of hydrogen-bond donors (Lipinski definition) is 0. The lowest BCUT2D eigenvalue weighted by Gasteiger charge is -2.41. The molecule has 248 valence electrons. The molecule has 46 heavy (non-hydrogen) atoms. The zero-order valence-electron chi connectivity index (χ0n) is 25.5. The highest BCUT2D eigenvalue weighted by molar-refractivity contribution is 6.28. The number of carbonyl (C=O) groups is 2. The maximum Gasteiger partial charge on any atom is 0.573 e. The summed E-state index contributed by atoms with van der Waals surface area (Å²) >= 11 is 6.30. The second-order valence-corrected chi connectivity index (χ2v) is 12.3. The van der Waals surface area contributed by atoms with Crippen LogP contribution in [0.1, 0.15) is 56.9 Å². The summed E-state index contributed by atoms with van der Waals surface area (Å²) in [5.41, 5.74) is -3.01. The molecular weight excluding hydrogens is 637 g/mol. The summed E-state index contributed by atoms with van der Waals surface area (Å²) in [5.74, 6) is -1.51. The Hall–Kier alpha value is -4.39. The SMILES string of the molecule is COC(=O)C1(Cc2nc(Cl)nc(N3CCN(C(=O)OC(C)(C)C)[C@@H](CC#N)C3)c2[N+](=O)[O-])CCCc2c(OC(F)(F)F)cccc21. The minimum Gasteiger partial charge on any atom is -0.468 e. The first-order valence-electron chi connectivity index (χ1n) is 14.3. The fraction of sp³-hybridized carbons (Fsp3) is 0.552. The van der Waals surface area contributed by atoms with Crippen molar-refractivity contribution in [3.63, 3.8) is 0 Å². The third kappa shape index (κ3) is 7.35. The van der Waals surface area contributed by atoms with Crippen molar-refractivity contribution in [2.75, 3.05) is 31.6 Å². The first-order chi connectivity index (χ1) is 21.5. The van der Waals surface area contributed by atoms with E-state index in [-0.39, 0.29) is 73.2 Å². The van der Waals surface area contributed by atoms with Crippen molar-refractivity contribution in [1.82, 2.24) is 14.9 Å². The highest BCUT2D eigenvalue weighted by Gasteiger charge is 2.49. The van der Waals surface area contributed by atoms with Crippen molar-refractivity contribution < 1.29 is 41.9 Å². The van der Waals surface area contributed by atoms with Gasteiger partial charge in [0.25, 0.3) is 0 Å². The number of carbonyl (C=O) groups excluding carboxylic acids is 2. The van der Waals surface area contributed by atoms with Gasteiger partial charge in [-0.15, -0.1) is 13.2 Å². The molecule has 1 aromatic heterocycles. The molecule has 2 heterocycles. The number of piperazine rings is 1. The zero-order valence-corrected chi connectivity index (χ0v) is 26.3. The fourth-order valence-electron chi connectivity index (χ4n) is 6.02. The van der Waals surface area contributed by atoms with E-state index in [9.17, 15) is 38.1 Å². The summed E-state index contributed by atoms with van der Waals surface area (Å²) in [6.45, 7) is 5.15. The second-order valence-electron chi connectivity index (χ2n) is 11.9. The van der Waals surface area contributed by atoms with Gasteiger partial charge in [-0.3, -0.25) is 14.9 Å². The van der Waals surface area contributed by atoms with E-state index in [0.717, 1.165) is 13.2 Å². The van der Waals surface area contributed by atoms with Crippen LogP contribution in [-0.2, 0) is 32.5 Å². The number of nitro groups is 1. The van der Waals surface area contributed by atoms with Crippen LogP contribution in [0.4, 0.5) is 29.5 Å². The average molecular weight is 669 g/mol. The van der Waals surface area contributed by atoms with Crippen LogP contribution in [-0.4, -0.2) is 76.6 Å². The summed E-state index contributed by atoms with van der Waals surface area (Å²) in [4.78, 5) is 49.4. The van der Waals surface area contributed by atoms with Crippen LogP contribution in [0.2, 0.25) is 5.28 Å². The van der Waals surface area contributed by atoms with E-state index in [4.69, 9.17) is 21.1 Å². The van der Waals surface area contributed by atoms with Crippen molar-refractivity contribution in [3.8, 4) is 11.8 Å². The van der Waals surface area contributed by atoms with Gasteiger partial charge in [0, 0.05) is 26.1 Å². The van der Waals surface area contributed by atoms with Crippen LogP contribution in [0.5, 0.6) is 5.75 Å². The topological polar surface area (TPSA) is 161 Å². The number of halogens is 4. The third-order valence-electron chi connectivity index (χ3n) is 7.78. The molecule has 4 rings (SSSR count). The van der Waals surface area contributed by atoms with Crippen LogP contribution in [0.3, 0.4) is 0 Å². The molecule has 0 radical (unpaired) electrons. The van der Waals surface area contributed by atoms with E-state index >= 15 is 0 Å². The molecule has 0 saturated carbocycles. The lowest BCUT2D eigenvalue weighted by Crippen LogP contribution is -2.56. The third-order valence-corrected chi connectivity index (χ3v) is 7.95. The van der Waals surface area contributed by atoms with E-state index in [1.807, 2.05) is 6.07 Å². The molecule has 17 heteroatoms. The molecule has 1 aromatic carbocycles. The largest absolute Gasteiger partial charge is 0.573 e. The summed E-state index contributed by atoms with van der Waals surface area (Å²) in [5, 5.41) is 21.7. The van der Waals surface area contributed by atoms with Gasteiger partial charge in [0.15, 0.2) is 0 Å². The monoisotopic (exact) mass is 668 g/mol. The molecular formula is C29H32ClF3N6O7. The minimum atomic E-state index is -4.99. The van der Waals surface area contributed by atoms with Crippen LogP contribution < -0.4 is 9.64 Å². The van der Waals surface area contributed by atoms with Crippen LogP contribution in [0, 0.1) is 21.4 Å². The number of methoxy groups -OCH3 is 1. The standard InChI is InChI=1S/C29H32ClF3N6O7/c1-27(2,3)46-26(41)38-14-13-37(16-17(38)10-12-34)23-22(39(42)43)20(35-25(30)36-23)15-28(24(40)44-4)11-6-7-18-19(28)8-5-9-21(18)45-29(31,32)33/h5,8-9,17H,6-7,10-11,13-16H2,1-4H3/t17-,28?/m0/s1. The Morgan fingerprint density at radius 3 is 2.57 bits per heavy atom. The predicted octanol–water partition coefficient (Wildman–Crippen LogP) is 5.27. The van der Waals surface area contributed by atoms with Crippen molar-refractivity contribution in [1.29, 1.82) is 5.26 Å². The Morgan fingerprint density at radius 2 is 1.96 bits per heavy atom. The molecule has 13 nitrogen and oxygen atoms in total. The number of alkyl halides is 3. The minimum absolute atomic E-state index is 0.0382. The maximum absolute atomic E-state index is 13.5. The summed E-state index contributed by atoms with van der Waals surface area (Å²) in [7, 11) is 1.11. The number of aromatic nitrogens is 2. The van der Waals surface area contributed by atoms with E-state index in [1.165, 1.54) is 21.9 Å². The van der Waals surface area contributed by atoms with Gasteiger partial charge in [-0.05, 0) is 68.8 Å². The van der Waals surface area contributed by atoms with Gasteiger partial charge in [0.1, 0.15) is 17.0 Å². The highest BCUT2D eigenvalue weighted by atomic mass is 35.5. The van der Waals surface area contributed by atoms with Crippen molar-refractivity contribution >= 4 is 35.2 Å². The molecule has 1 saturated heterocycles. The number of amides is 1. The normalized spacial score (nSPS) is 19.9. The van der Waals surface area contributed by atoms with Gasteiger partial charge >= 0.3 is 24.1 Å². The molecule has 1 amide bonds. The second kappa shape index (κ2) is 13.1. The molecule has 1 unspecified atom stereocenters. The van der Waals surface area contributed by atoms with E-state index < -0.39 is 58.3 Å².